The van der Waals surface area contributed by atoms with Crippen LogP contribution in [0, 0.1) is 6.92 Å². The number of carbonyl (C=O) groups is 1. The predicted molar refractivity (Wildman–Crippen MR) is 146 cm³/mol. The third kappa shape index (κ3) is 8.35. The third-order valence-electron chi connectivity index (χ3n) is 5.26. The summed E-state index contributed by atoms with van der Waals surface area (Å²) in [5, 5.41) is 6.04. The first-order chi connectivity index (χ1) is 16.9. The molecule has 1 aromatic carbocycles. The number of rotatable bonds is 10. The van der Waals surface area contributed by atoms with Crippen molar-refractivity contribution >= 4 is 34.5 Å². The Labute approximate surface area is 215 Å². The summed E-state index contributed by atoms with van der Waals surface area (Å²) >= 11 is 3.43. The first-order valence-corrected chi connectivity index (χ1v) is 13.2. The summed E-state index contributed by atoms with van der Waals surface area (Å²) in [6.07, 6.45) is 6.25. The number of anilines is 1. The first kappa shape index (κ1) is 26.7. The predicted octanol–water partition coefficient (Wildman–Crippen LogP) is 6.28. The van der Waals surface area contributed by atoms with E-state index in [4.69, 9.17) is 4.74 Å². The molecule has 4 aromatic rings. The smallest absolute Gasteiger partial charge is 0.182 e. The van der Waals surface area contributed by atoms with Crippen LogP contribution in [0.5, 0.6) is 0 Å². The molecule has 3 aromatic heterocycles. The molecule has 0 unspecified atom stereocenters. The number of carbonyl (C=O) groups excluding carboxylic acids is 1. The highest BCUT2D eigenvalue weighted by Gasteiger charge is 2.24. The molecule has 6 nitrogen and oxygen atoms in total. The van der Waals surface area contributed by atoms with E-state index >= 15 is 0 Å². The molecule has 35 heavy (non-hydrogen) atoms. The molecule has 0 saturated heterocycles. The van der Waals surface area contributed by atoms with Crippen LogP contribution in [0.15, 0.2) is 77.4 Å². The zero-order valence-electron chi connectivity index (χ0n) is 20.6. The number of aromatic nitrogens is 3. The van der Waals surface area contributed by atoms with E-state index in [-0.39, 0.29) is 5.60 Å². The number of thiazole rings is 1. The van der Waals surface area contributed by atoms with E-state index in [2.05, 4.69) is 65.7 Å². The molecular weight excluding hydrogens is 476 g/mol. The van der Waals surface area contributed by atoms with E-state index in [1.54, 1.807) is 29.8 Å². The second-order valence-corrected chi connectivity index (χ2v) is 10.4. The summed E-state index contributed by atoms with van der Waals surface area (Å²) < 4.78 is 7.92. The molecule has 0 bridgehead atoms. The van der Waals surface area contributed by atoms with Crippen molar-refractivity contribution in [2.45, 2.75) is 37.8 Å². The quantitative estimate of drug-likeness (QED) is 0.154. The maximum absolute atomic E-state index is 10.6. The van der Waals surface area contributed by atoms with Gasteiger partial charge in [-0.05, 0) is 62.7 Å². The number of hydrogen-bond acceptors (Lipinski definition) is 7. The zero-order valence-corrected chi connectivity index (χ0v) is 22.2. The largest absolute Gasteiger partial charge is 0.368 e. The van der Waals surface area contributed by atoms with Crippen LogP contribution in [0.3, 0.4) is 0 Å². The minimum Gasteiger partial charge on any atom is -0.368 e. The van der Waals surface area contributed by atoms with Crippen molar-refractivity contribution in [2.75, 3.05) is 24.7 Å². The van der Waals surface area contributed by atoms with E-state index < -0.39 is 0 Å². The number of aldehydes is 1. The highest BCUT2D eigenvalue weighted by molar-refractivity contribution is 7.99. The van der Waals surface area contributed by atoms with E-state index in [1.165, 1.54) is 10.5 Å². The summed E-state index contributed by atoms with van der Waals surface area (Å²) in [6, 6.07) is 16.1. The Morgan fingerprint density at radius 2 is 1.89 bits per heavy atom. The fourth-order valence-electron chi connectivity index (χ4n) is 3.19. The number of thioether (sulfide) groups is 1. The number of hydrogen-bond donors (Lipinski definition) is 1. The van der Waals surface area contributed by atoms with Crippen molar-refractivity contribution in [3.8, 4) is 0 Å². The van der Waals surface area contributed by atoms with E-state index in [0.717, 1.165) is 28.4 Å². The maximum atomic E-state index is 10.6. The van der Waals surface area contributed by atoms with Gasteiger partial charge in [0.25, 0.3) is 0 Å². The number of aryl methyl sites for hydroxylation is 1. The average molecular weight is 509 g/mol. The monoisotopic (exact) mass is 508 g/mol. The molecule has 8 heteroatoms. The Morgan fingerprint density at radius 3 is 2.54 bits per heavy atom. The topological polar surface area (TPSA) is 69.0 Å². The van der Waals surface area contributed by atoms with Crippen molar-refractivity contribution in [1.29, 1.82) is 0 Å². The lowest BCUT2D eigenvalue weighted by molar-refractivity contribution is -0.0152. The molecule has 0 aliphatic carbocycles. The van der Waals surface area contributed by atoms with Crippen LogP contribution in [0.25, 0.3) is 0 Å². The Kier molecular flexibility index (Phi) is 10.1. The molecule has 0 spiro atoms. The van der Waals surface area contributed by atoms with Crippen molar-refractivity contribution < 1.29 is 9.53 Å². The number of benzene rings is 1. The first-order valence-electron chi connectivity index (χ1n) is 11.4. The number of pyridine rings is 1. The van der Waals surface area contributed by atoms with Gasteiger partial charge in [0.15, 0.2) is 11.4 Å². The lowest BCUT2D eigenvalue weighted by atomic mass is 10.1. The van der Waals surface area contributed by atoms with Gasteiger partial charge in [-0.25, -0.2) is 4.98 Å². The maximum Gasteiger partial charge on any atom is 0.182 e. The minimum absolute atomic E-state index is 0.348. The fourth-order valence-corrected chi connectivity index (χ4v) is 4.75. The van der Waals surface area contributed by atoms with Gasteiger partial charge >= 0.3 is 0 Å². The molecule has 0 aliphatic heterocycles. The summed E-state index contributed by atoms with van der Waals surface area (Å²) in [5.41, 5.74) is 3.76. The Hall–Kier alpha value is -2.94. The van der Waals surface area contributed by atoms with Crippen LogP contribution < -0.4 is 5.32 Å². The standard InChI is InChI=1S/C16H22N2OS2.C11H10N2O/c1-12-5-7-13(8-6-12)20-10-9-19-16(2,3)14-11-21-15(17-4)18-14;14-9-11-2-1-7-13(11)8-10-3-5-12-6-4-10/h5-8,11H,9-10H2,1-4H3,(H,17,18);1-7,9H,8H2. The molecular formula is C27H32N4O2S2. The van der Waals surface area contributed by atoms with Crippen LogP contribution in [-0.4, -0.2) is 40.2 Å². The molecule has 0 atom stereocenters. The third-order valence-corrected chi connectivity index (χ3v) is 7.09. The Bertz CT molecular complexity index is 1170. The zero-order chi connectivity index (χ0) is 25.1. The molecule has 3 heterocycles. The van der Waals surface area contributed by atoms with Crippen molar-refractivity contribution in [3.05, 3.63) is 95.0 Å². The SMILES string of the molecule is CNc1nc(C(C)(C)OCCSc2ccc(C)cc2)cs1.O=Cc1cccn1Cc1ccncc1. The van der Waals surface area contributed by atoms with Gasteiger partial charge in [-0.1, -0.05) is 17.7 Å². The summed E-state index contributed by atoms with van der Waals surface area (Å²) in [6.45, 7) is 7.66. The molecule has 1 N–H and O–H groups in total. The molecule has 0 fully saturated rings. The van der Waals surface area contributed by atoms with Crippen LogP contribution in [0.1, 0.15) is 41.2 Å². The van der Waals surface area contributed by atoms with Gasteiger partial charge in [-0.15, -0.1) is 23.1 Å². The lowest BCUT2D eigenvalue weighted by Gasteiger charge is -2.23. The van der Waals surface area contributed by atoms with E-state index in [1.807, 2.05) is 47.8 Å². The van der Waals surface area contributed by atoms with Crippen LogP contribution in [-0.2, 0) is 16.9 Å². The van der Waals surface area contributed by atoms with E-state index in [9.17, 15) is 4.79 Å². The van der Waals surface area contributed by atoms with Gasteiger partial charge in [0.1, 0.15) is 5.60 Å². The average Bonchev–Trinajstić information content (AvgIpc) is 3.54. The molecule has 0 radical (unpaired) electrons. The second-order valence-electron chi connectivity index (χ2n) is 8.34. The lowest BCUT2D eigenvalue weighted by Crippen LogP contribution is -2.23. The summed E-state index contributed by atoms with van der Waals surface area (Å²) in [7, 11) is 1.88. The number of ether oxygens (including phenoxy) is 1. The van der Waals surface area contributed by atoms with E-state index in [0.29, 0.717) is 18.8 Å². The van der Waals surface area contributed by atoms with Gasteiger partial charge in [0.05, 0.1) is 18.0 Å². The second kappa shape index (κ2) is 13.2. The minimum atomic E-state index is -0.348. The van der Waals surface area contributed by atoms with Crippen LogP contribution >= 0.6 is 23.1 Å². The molecule has 0 amide bonds. The van der Waals surface area contributed by atoms with Crippen LogP contribution in [0.4, 0.5) is 5.13 Å². The number of nitrogens with one attached hydrogen (secondary N) is 1. The molecule has 0 aliphatic rings. The highest BCUT2D eigenvalue weighted by Crippen LogP contribution is 2.28. The Balaban J connectivity index is 0.000000211. The fraction of sp³-hybridized carbons (Fsp3) is 0.296. The van der Waals surface area contributed by atoms with Crippen LogP contribution in [0.2, 0.25) is 0 Å². The van der Waals surface area contributed by atoms with Crippen molar-refractivity contribution in [2.24, 2.45) is 0 Å². The number of nitrogens with zero attached hydrogens (tertiary/aromatic N) is 3. The van der Waals surface area contributed by atoms with Gasteiger partial charge in [0, 0.05) is 48.2 Å². The summed E-state index contributed by atoms with van der Waals surface area (Å²) in [4.78, 5) is 20.4. The molecule has 4 rings (SSSR count). The van der Waals surface area contributed by atoms with Gasteiger partial charge in [-0.2, -0.15) is 0 Å². The van der Waals surface area contributed by atoms with Crippen molar-refractivity contribution in [1.82, 2.24) is 14.5 Å². The highest BCUT2D eigenvalue weighted by atomic mass is 32.2. The van der Waals surface area contributed by atoms with Gasteiger partial charge in [0.2, 0.25) is 0 Å². The molecule has 184 valence electrons. The van der Waals surface area contributed by atoms with Gasteiger partial charge in [-0.3, -0.25) is 9.78 Å². The van der Waals surface area contributed by atoms with Gasteiger partial charge < -0.3 is 14.6 Å². The Morgan fingerprint density at radius 1 is 1.14 bits per heavy atom. The normalized spacial score (nSPS) is 11.0. The molecule has 0 saturated carbocycles. The summed E-state index contributed by atoms with van der Waals surface area (Å²) in [5.74, 6) is 0.940. The van der Waals surface area contributed by atoms with Crippen molar-refractivity contribution in [3.63, 3.8) is 0 Å².